The summed E-state index contributed by atoms with van der Waals surface area (Å²) in [6.45, 7) is 1.58. The summed E-state index contributed by atoms with van der Waals surface area (Å²) in [7, 11) is 0. The Bertz CT molecular complexity index is 538. The second-order valence-corrected chi connectivity index (χ2v) is 4.15. The minimum atomic E-state index is 0.0782. The smallest absolute Gasteiger partial charge is 0.162 e. The Labute approximate surface area is 87.5 Å². The number of ketones is 1. The quantitative estimate of drug-likeness (QED) is 0.757. The maximum atomic E-state index is 11.4. The third-order valence-electron chi connectivity index (χ3n) is 2.87. The fourth-order valence-electron chi connectivity index (χ4n) is 1.89. The van der Waals surface area contributed by atoms with E-state index < -0.39 is 0 Å². The zero-order valence-electron chi connectivity index (χ0n) is 8.58. The number of Topliss-reactive ketones (excluding diaryl/α,β-unsaturated/α-hetero) is 1. The van der Waals surface area contributed by atoms with E-state index in [0.717, 1.165) is 22.4 Å². The SMILES string of the molecule is CC(=O)c1cccc2[nH]c(C3CC3)nc12. The number of nitrogens with one attached hydrogen (secondary N) is 1. The number of carbonyl (C=O) groups excluding carboxylic acids is 1. The van der Waals surface area contributed by atoms with Crippen molar-refractivity contribution in [3.63, 3.8) is 0 Å². The predicted octanol–water partition coefficient (Wildman–Crippen LogP) is 2.64. The molecule has 0 radical (unpaired) electrons. The molecule has 1 heterocycles. The van der Waals surface area contributed by atoms with Crippen LogP contribution >= 0.6 is 0 Å². The van der Waals surface area contributed by atoms with Gasteiger partial charge in [0.2, 0.25) is 0 Å². The number of imidazole rings is 1. The van der Waals surface area contributed by atoms with E-state index in [1.807, 2.05) is 18.2 Å². The van der Waals surface area contributed by atoms with Gasteiger partial charge in [0.05, 0.1) is 11.0 Å². The molecule has 3 heteroatoms. The normalized spacial score (nSPS) is 15.8. The molecule has 0 unspecified atom stereocenters. The van der Waals surface area contributed by atoms with Crippen molar-refractivity contribution in [2.45, 2.75) is 25.7 Å². The Morgan fingerprint density at radius 3 is 2.93 bits per heavy atom. The lowest BCUT2D eigenvalue weighted by molar-refractivity contribution is 0.101. The highest BCUT2D eigenvalue weighted by atomic mass is 16.1. The maximum absolute atomic E-state index is 11.4. The van der Waals surface area contributed by atoms with Gasteiger partial charge in [-0.1, -0.05) is 6.07 Å². The first kappa shape index (κ1) is 8.65. The van der Waals surface area contributed by atoms with E-state index >= 15 is 0 Å². The van der Waals surface area contributed by atoms with Gasteiger partial charge in [-0.25, -0.2) is 4.98 Å². The largest absolute Gasteiger partial charge is 0.342 e. The third-order valence-corrected chi connectivity index (χ3v) is 2.87. The first-order valence-electron chi connectivity index (χ1n) is 5.25. The molecule has 3 nitrogen and oxygen atoms in total. The van der Waals surface area contributed by atoms with E-state index in [1.54, 1.807) is 6.92 Å². The minimum absolute atomic E-state index is 0.0782. The standard InChI is InChI=1S/C12H12N2O/c1-7(15)9-3-2-4-10-11(9)14-12(13-10)8-5-6-8/h2-4,8H,5-6H2,1H3,(H,13,14). The Hall–Kier alpha value is -1.64. The Morgan fingerprint density at radius 2 is 2.27 bits per heavy atom. The van der Waals surface area contributed by atoms with Crippen LogP contribution in [0, 0.1) is 0 Å². The van der Waals surface area contributed by atoms with Crippen LogP contribution in [0.15, 0.2) is 18.2 Å². The Kier molecular flexibility index (Phi) is 1.69. The summed E-state index contributed by atoms with van der Waals surface area (Å²) >= 11 is 0. The Morgan fingerprint density at radius 1 is 1.47 bits per heavy atom. The average molecular weight is 200 g/mol. The van der Waals surface area contributed by atoms with E-state index in [2.05, 4.69) is 9.97 Å². The second kappa shape index (κ2) is 2.92. The van der Waals surface area contributed by atoms with Gasteiger partial charge in [0.25, 0.3) is 0 Å². The highest BCUT2D eigenvalue weighted by molar-refractivity contribution is 6.04. The molecule has 0 atom stereocenters. The molecule has 0 amide bonds. The highest BCUT2D eigenvalue weighted by Crippen LogP contribution is 2.39. The molecule has 1 aromatic heterocycles. The number of aromatic amines is 1. The van der Waals surface area contributed by atoms with E-state index in [9.17, 15) is 4.79 Å². The van der Waals surface area contributed by atoms with Crippen LogP contribution in [0.3, 0.4) is 0 Å². The fraction of sp³-hybridized carbons (Fsp3) is 0.333. The molecule has 3 rings (SSSR count). The van der Waals surface area contributed by atoms with Gasteiger partial charge in [-0.05, 0) is 31.9 Å². The second-order valence-electron chi connectivity index (χ2n) is 4.15. The summed E-state index contributed by atoms with van der Waals surface area (Å²) in [6.07, 6.45) is 2.43. The van der Waals surface area contributed by atoms with Crippen LogP contribution < -0.4 is 0 Å². The minimum Gasteiger partial charge on any atom is -0.342 e. The third kappa shape index (κ3) is 1.35. The molecule has 2 aromatic rings. The van der Waals surface area contributed by atoms with Gasteiger partial charge in [0.15, 0.2) is 5.78 Å². The van der Waals surface area contributed by atoms with E-state index in [1.165, 1.54) is 12.8 Å². The van der Waals surface area contributed by atoms with Crippen LogP contribution in [-0.2, 0) is 0 Å². The number of rotatable bonds is 2. The predicted molar refractivity (Wildman–Crippen MR) is 58.1 cm³/mol. The van der Waals surface area contributed by atoms with Gasteiger partial charge < -0.3 is 4.98 Å². The average Bonchev–Trinajstić information content (AvgIpc) is 2.96. The summed E-state index contributed by atoms with van der Waals surface area (Å²) in [5.41, 5.74) is 2.52. The molecule has 15 heavy (non-hydrogen) atoms. The monoisotopic (exact) mass is 200 g/mol. The first-order chi connectivity index (χ1) is 7.25. The summed E-state index contributed by atoms with van der Waals surface area (Å²) in [5.74, 6) is 1.71. The van der Waals surface area contributed by atoms with E-state index in [-0.39, 0.29) is 5.78 Å². The highest BCUT2D eigenvalue weighted by Gasteiger charge is 2.27. The number of hydrogen-bond donors (Lipinski definition) is 1. The van der Waals surface area contributed by atoms with Crippen molar-refractivity contribution in [3.05, 3.63) is 29.6 Å². The molecule has 1 fully saturated rings. The van der Waals surface area contributed by atoms with Crippen LogP contribution in [0.5, 0.6) is 0 Å². The number of para-hydroxylation sites is 1. The van der Waals surface area contributed by atoms with Crippen molar-refractivity contribution in [1.82, 2.24) is 9.97 Å². The lowest BCUT2D eigenvalue weighted by Gasteiger charge is -1.94. The number of H-pyrrole nitrogens is 1. The van der Waals surface area contributed by atoms with Gasteiger partial charge in [-0.3, -0.25) is 4.79 Å². The van der Waals surface area contributed by atoms with E-state index in [4.69, 9.17) is 0 Å². The van der Waals surface area contributed by atoms with Gasteiger partial charge in [-0.15, -0.1) is 0 Å². The molecule has 1 aliphatic carbocycles. The molecule has 0 saturated heterocycles. The van der Waals surface area contributed by atoms with Crippen LogP contribution in [-0.4, -0.2) is 15.8 Å². The van der Waals surface area contributed by atoms with Gasteiger partial charge in [0.1, 0.15) is 5.82 Å². The van der Waals surface area contributed by atoms with E-state index in [0.29, 0.717) is 5.92 Å². The molecule has 1 aliphatic rings. The zero-order chi connectivity index (χ0) is 10.4. The van der Waals surface area contributed by atoms with Crippen molar-refractivity contribution in [3.8, 4) is 0 Å². The van der Waals surface area contributed by atoms with Crippen LogP contribution in [0.1, 0.15) is 41.9 Å². The van der Waals surface area contributed by atoms with Crippen LogP contribution in [0.25, 0.3) is 11.0 Å². The molecule has 1 N–H and O–H groups in total. The van der Waals surface area contributed by atoms with Crippen molar-refractivity contribution in [2.24, 2.45) is 0 Å². The van der Waals surface area contributed by atoms with Crippen molar-refractivity contribution in [1.29, 1.82) is 0 Å². The summed E-state index contributed by atoms with van der Waals surface area (Å²) in [6, 6.07) is 5.71. The number of aromatic nitrogens is 2. The summed E-state index contributed by atoms with van der Waals surface area (Å²) < 4.78 is 0. The molecule has 1 aromatic carbocycles. The molecule has 76 valence electrons. The molecular weight excluding hydrogens is 188 g/mol. The number of carbonyl (C=O) groups is 1. The Balaban J connectivity index is 2.23. The van der Waals surface area contributed by atoms with Crippen molar-refractivity contribution < 1.29 is 4.79 Å². The van der Waals surface area contributed by atoms with Gasteiger partial charge >= 0.3 is 0 Å². The van der Waals surface area contributed by atoms with Crippen molar-refractivity contribution >= 4 is 16.8 Å². The molecule has 0 spiro atoms. The van der Waals surface area contributed by atoms with Crippen LogP contribution in [0.4, 0.5) is 0 Å². The van der Waals surface area contributed by atoms with Gasteiger partial charge in [-0.2, -0.15) is 0 Å². The number of nitrogens with zero attached hydrogens (tertiary/aromatic N) is 1. The molecule has 1 saturated carbocycles. The number of hydrogen-bond acceptors (Lipinski definition) is 2. The molecule has 0 aliphatic heterocycles. The lowest BCUT2D eigenvalue weighted by atomic mass is 10.1. The zero-order valence-corrected chi connectivity index (χ0v) is 8.58. The van der Waals surface area contributed by atoms with Gasteiger partial charge in [0, 0.05) is 11.5 Å². The molecular formula is C12H12N2O. The lowest BCUT2D eigenvalue weighted by Crippen LogP contribution is -1.92. The number of fused-ring (bicyclic) bond motifs is 1. The number of benzene rings is 1. The maximum Gasteiger partial charge on any atom is 0.162 e. The molecule has 0 bridgehead atoms. The summed E-state index contributed by atoms with van der Waals surface area (Å²) in [5, 5.41) is 0. The fourth-order valence-corrected chi connectivity index (χ4v) is 1.89. The van der Waals surface area contributed by atoms with Crippen LogP contribution in [0.2, 0.25) is 0 Å². The summed E-state index contributed by atoms with van der Waals surface area (Å²) in [4.78, 5) is 19.2. The van der Waals surface area contributed by atoms with Crippen molar-refractivity contribution in [2.75, 3.05) is 0 Å². The topological polar surface area (TPSA) is 45.8 Å². The first-order valence-corrected chi connectivity index (χ1v) is 5.25.